The topological polar surface area (TPSA) is 84.2 Å². The van der Waals surface area contributed by atoms with E-state index in [0.29, 0.717) is 19.4 Å². The highest BCUT2D eigenvalue weighted by Gasteiger charge is 2.28. The third kappa shape index (κ3) is 3.81. The van der Waals surface area contributed by atoms with Gasteiger partial charge in [-0.25, -0.2) is 0 Å². The number of carbonyl (C=O) groups is 2. The Labute approximate surface area is 141 Å². The number of fused-ring (bicyclic) bond motifs is 1. The standard InChI is InChI=1S/C17H19N3O2.ClH/c18-10-15(20-17(22)14-7-8-16(21)19-14)13-6-5-11-3-1-2-4-12(11)9-13;/h1-6,9,14-15H,7-8,10,18H2,(H,19,21)(H,20,22);1H/t14-,15?;/m0./s1. The van der Waals surface area contributed by atoms with Gasteiger partial charge in [-0.3, -0.25) is 9.59 Å². The maximum Gasteiger partial charge on any atom is 0.243 e. The SMILES string of the molecule is Cl.NCC(NC(=O)[C@@H]1CCC(=O)N1)c1ccc2ccccc2c1. The smallest absolute Gasteiger partial charge is 0.243 e. The van der Waals surface area contributed by atoms with E-state index in [9.17, 15) is 9.59 Å². The molecule has 0 radical (unpaired) electrons. The maximum absolute atomic E-state index is 12.2. The van der Waals surface area contributed by atoms with E-state index < -0.39 is 6.04 Å². The highest BCUT2D eigenvalue weighted by molar-refractivity contribution is 5.91. The molecule has 2 aromatic rings. The van der Waals surface area contributed by atoms with E-state index in [0.717, 1.165) is 16.3 Å². The van der Waals surface area contributed by atoms with E-state index >= 15 is 0 Å². The van der Waals surface area contributed by atoms with E-state index in [-0.39, 0.29) is 30.3 Å². The normalized spacial score (nSPS) is 18.1. The Morgan fingerprint density at radius 2 is 2.00 bits per heavy atom. The molecule has 1 fully saturated rings. The molecule has 1 saturated heterocycles. The van der Waals surface area contributed by atoms with Gasteiger partial charge in [0.15, 0.2) is 0 Å². The van der Waals surface area contributed by atoms with Crippen LogP contribution < -0.4 is 16.4 Å². The summed E-state index contributed by atoms with van der Waals surface area (Å²) in [5.41, 5.74) is 6.79. The van der Waals surface area contributed by atoms with Gasteiger partial charge in [0.25, 0.3) is 0 Å². The molecule has 2 aromatic carbocycles. The lowest BCUT2D eigenvalue weighted by atomic mass is 10.0. The molecule has 1 aliphatic rings. The van der Waals surface area contributed by atoms with Crippen LogP contribution in [0.2, 0.25) is 0 Å². The van der Waals surface area contributed by atoms with Gasteiger partial charge in [0.05, 0.1) is 6.04 Å². The summed E-state index contributed by atoms with van der Waals surface area (Å²) >= 11 is 0. The lowest BCUT2D eigenvalue weighted by Gasteiger charge is -2.20. The van der Waals surface area contributed by atoms with Crippen molar-refractivity contribution in [2.45, 2.75) is 24.9 Å². The second-order valence-corrected chi connectivity index (χ2v) is 5.56. The summed E-state index contributed by atoms with van der Waals surface area (Å²) in [6, 6.07) is 13.4. The largest absolute Gasteiger partial charge is 0.346 e. The summed E-state index contributed by atoms with van der Waals surface area (Å²) in [4.78, 5) is 23.4. The first-order valence-electron chi connectivity index (χ1n) is 7.46. The molecule has 3 rings (SSSR count). The molecule has 1 heterocycles. The van der Waals surface area contributed by atoms with Crippen LogP contribution in [0, 0.1) is 0 Å². The van der Waals surface area contributed by atoms with E-state index in [1.807, 2.05) is 42.5 Å². The quantitative estimate of drug-likeness (QED) is 0.795. The third-order valence-electron chi connectivity index (χ3n) is 4.04. The average Bonchev–Trinajstić information content (AvgIpc) is 2.98. The zero-order chi connectivity index (χ0) is 15.5. The number of rotatable bonds is 4. The Hall–Kier alpha value is -2.11. The summed E-state index contributed by atoms with van der Waals surface area (Å²) in [7, 11) is 0. The Balaban J connectivity index is 0.00000192. The van der Waals surface area contributed by atoms with Crippen molar-refractivity contribution in [3.8, 4) is 0 Å². The van der Waals surface area contributed by atoms with Gasteiger partial charge in [-0.15, -0.1) is 12.4 Å². The molecule has 6 heteroatoms. The van der Waals surface area contributed by atoms with Crippen LogP contribution in [-0.4, -0.2) is 24.4 Å². The molecule has 0 bridgehead atoms. The first kappa shape index (κ1) is 17.2. The molecule has 0 aromatic heterocycles. The van der Waals surface area contributed by atoms with Crippen molar-refractivity contribution < 1.29 is 9.59 Å². The highest BCUT2D eigenvalue weighted by atomic mass is 35.5. The fourth-order valence-electron chi connectivity index (χ4n) is 2.79. The minimum Gasteiger partial charge on any atom is -0.346 e. The third-order valence-corrected chi connectivity index (χ3v) is 4.04. The molecule has 2 atom stereocenters. The van der Waals surface area contributed by atoms with Gasteiger partial charge < -0.3 is 16.4 Å². The second kappa shape index (κ2) is 7.44. The molecular weight excluding hydrogens is 314 g/mol. The van der Waals surface area contributed by atoms with Crippen molar-refractivity contribution in [2.24, 2.45) is 5.73 Å². The molecule has 23 heavy (non-hydrogen) atoms. The van der Waals surface area contributed by atoms with Gasteiger partial charge in [0, 0.05) is 13.0 Å². The Morgan fingerprint density at radius 1 is 1.26 bits per heavy atom. The van der Waals surface area contributed by atoms with Gasteiger partial charge in [0.2, 0.25) is 11.8 Å². The molecule has 2 amide bonds. The summed E-state index contributed by atoms with van der Waals surface area (Å²) in [5, 5.41) is 7.87. The summed E-state index contributed by atoms with van der Waals surface area (Å²) in [6.45, 7) is 0.310. The monoisotopic (exact) mass is 333 g/mol. The van der Waals surface area contributed by atoms with E-state index in [1.165, 1.54) is 0 Å². The summed E-state index contributed by atoms with van der Waals surface area (Å²) in [5.74, 6) is -0.246. The number of nitrogens with two attached hydrogens (primary N) is 1. The Bertz CT molecular complexity index is 720. The fourth-order valence-corrected chi connectivity index (χ4v) is 2.79. The molecule has 1 unspecified atom stereocenters. The van der Waals surface area contributed by atoms with Gasteiger partial charge in [-0.2, -0.15) is 0 Å². The van der Waals surface area contributed by atoms with Gasteiger partial charge >= 0.3 is 0 Å². The molecule has 5 nitrogen and oxygen atoms in total. The zero-order valence-corrected chi connectivity index (χ0v) is 13.4. The van der Waals surface area contributed by atoms with Crippen LogP contribution >= 0.6 is 12.4 Å². The second-order valence-electron chi connectivity index (χ2n) is 5.56. The molecule has 0 saturated carbocycles. The van der Waals surface area contributed by atoms with Crippen LogP contribution in [0.4, 0.5) is 0 Å². The van der Waals surface area contributed by atoms with Crippen LogP contribution in [0.25, 0.3) is 10.8 Å². The first-order chi connectivity index (χ1) is 10.7. The van der Waals surface area contributed by atoms with Crippen molar-refractivity contribution in [2.75, 3.05) is 6.54 Å². The van der Waals surface area contributed by atoms with Crippen molar-refractivity contribution in [1.29, 1.82) is 0 Å². The lowest BCUT2D eigenvalue weighted by Crippen LogP contribution is -2.44. The molecule has 0 spiro atoms. The predicted octanol–water partition coefficient (Wildman–Crippen LogP) is 1.66. The number of amides is 2. The Kier molecular flexibility index (Phi) is 5.58. The van der Waals surface area contributed by atoms with Gasteiger partial charge in [-0.1, -0.05) is 36.4 Å². The van der Waals surface area contributed by atoms with Crippen molar-refractivity contribution in [1.82, 2.24) is 10.6 Å². The number of carbonyl (C=O) groups excluding carboxylic acids is 2. The van der Waals surface area contributed by atoms with Gasteiger partial charge in [0.1, 0.15) is 6.04 Å². The number of halogens is 1. The number of hydrogen-bond donors (Lipinski definition) is 3. The van der Waals surface area contributed by atoms with E-state index in [2.05, 4.69) is 10.6 Å². The number of nitrogens with one attached hydrogen (secondary N) is 2. The lowest BCUT2D eigenvalue weighted by molar-refractivity contribution is -0.126. The van der Waals surface area contributed by atoms with Crippen LogP contribution in [0.3, 0.4) is 0 Å². The highest BCUT2D eigenvalue weighted by Crippen LogP contribution is 2.20. The number of benzene rings is 2. The minimum absolute atomic E-state index is 0. The van der Waals surface area contributed by atoms with Crippen molar-refractivity contribution >= 4 is 35.0 Å². The van der Waals surface area contributed by atoms with Crippen LogP contribution in [-0.2, 0) is 9.59 Å². The van der Waals surface area contributed by atoms with Crippen LogP contribution in [0.15, 0.2) is 42.5 Å². The van der Waals surface area contributed by atoms with Crippen molar-refractivity contribution in [3.05, 3.63) is 48.0 Å². The molecule has 0 aliphatic carbocycles. The maximum atomic E-state index is 12.2. The molecule has 4 N–H and O–H groups in total. The average molecular weight is 334 g/mol. The van der Waals surface area contributed by atoms with Crippen LogP contribution in [0.1, 0.15) is 24.4 Å². The first-order valence-corrected chi connectivity index (χ1v) is 7.46. The Morgan fingerprint density at radius 3 is 2.65 bits per heavy atom. The van der Waals surface area contributed by atoms with Gasteiger partial charge in [-0.05, 0) is 28.8 Å². The summed E-state index contributed by atoms with van der Waals surface area (Å²) in [6.07, 6.45) is 0.945. The fraction of sp³-hybridized carbons (Fsp3) is 0.294. The predicted molar refractivity (Wildman–Crippen MR) is 92.3 cm³/mol. The molecular formula is C17H20ClN3O2. The van der Waals surface area contributed by atoms with E-state index in [1.54, 1.807) is 0 Å². The minimum atomic E-state index is -0.443. The summed E-state index contributed by atoms with van der Waals surface area (Å²) < 4.78 is 0. The molecule has 122 valence electrons. The van der Waals surface area contributed by atoms with Crippen LogP contribution in [0.5, 0.6) is 0 Å². The molecule has 1 aliphatic heterocycles. The van der Waals surface area contributed by atoms with E-state index in [4.69, 9.17) is 5.73 Å². The van der Waals surface area contributed by atoms with Crippen molar-refractivity contribution in [3.63, 3.8) is 0 Å². The zero-order valence-electron chi connectivity index (χ0n) is 12.6. The number of hydrogen-bond acceptors (Lipinski definition) is 3.